The highest BCUT2D eigenvalue weighted by Gasteiger charge is 2.22. The van der Waals surface area contributed by atoms with Crippen molar-refractivity contribution in [1.29, 1.82) is 0 Å². The Morgan fingerprint density at radius 3 is 3.00 bits per heavy atom. The van der Waals surface area contributed by atoms with Gasteiger partial charge in [-0.25, -0.2) is 4.98 Å². The van der Waals surface area contributed by atoms with Gasteiger partial charge in [0.1, 0.15) is 5.82 Å². The molecule has 1 saturated carbocycles. The van der Waals surface area contributed by atoms with Crippen molar-refractivity contribution in [2.45, 2.75) is 38.3 Å². The monoisotopic (exact) mass is 209 g/mol. The Kier molecular flexibility index (Phi) is 3.75. The van der Waals surface area contributed by atoms with Gasteiger partial charge >= 0.3 is 0 Å². The van der Waals surface area contributed by atoms with Gasteiger partial charge in [0.05, 0.1) is 12.6 Å². The van der Waals surface area contributed by atoms with E-state index in [1.807, 2.05) is 6.20 Å². The van der Waals surface area contributed by atoms with Crippen molar-refractivity contribution in [3.05, 3.63) is 18.2 Å². The molecule has 0 bridgehead atoms. The number of H-pyrrole nitrogens is 1. The van der Waals surface area contributed by atoms with Crippen LogP contribution >= 0.6 is 0 Å². The van der Waals surface area contributed by atoms with Crippen molar-refractivity contribution < 1.29 is 5.11 Å². The van der Waals surface area contributed by atoms with E-state index in [1.54, 1.807) is 6.20 Å². The summed E-state index contributed by atoms with van der Waals surface area (Å²) >= 11 is 0. The molecular formula is C11H19N3O. The smallest absolute Gasteiger partial charge is 0.120 e. The molecule has 0 aromatic carbocycles. The van der Waals surface area contributed by atoms with Gasteiger partial charge in [-0.1, -0.05) is 12.8 Å². The second-order valence-corrected chi connectivity index (χ2v) is 4.28. The van der Waals surface area contributed by atoms with Crippen molar-refractivity contribution >= 4 is 0 Å². The third kappa shape index (κ3) is 3.04. The number of nitrogens with zero attached hydrogens (tertiary/aromatic N) is 1. The second kappa shape index (κ2) is 5.28. The number of hydrogen-bond acceptors (Lipinski definition) is 3. The quantitative estimate of drug-likeness (QED) is 0.679. The Balaban J connectivity index is 1.64. The van der Waals surface area contributed by atoms with Crippen LogP contribution in [0.4, 0.5) is 0 Å². The molecular weight excluding hydrogens is 190 g/mol. The Labute approximate surface area is 90.1 Å². The highest BCUT2D eigenvalue weighted by molar-refractivity contribution is 4.86. The molecule has 1 unspecified atom stereocenters. The van der Waals surface area contributed by atoms with Crippen molar-refractivity contribution in [3.63, 3.8) is 0 Å². The van der Waals surface area contributed by atoms with E-state index in [1.165, 1.54) is 25.7 Å². The van der Waals surface area contributed by atoms with Gasteiger partial charge in [0, 0.05) is 18.9 Å². The third-order valence-electron chi connectivity index (χ3n) is 3.14. The lowest BCUT2D eigenvalue weighted by atomic mass is 10.0. The number of nitrogens with one attached hydrogen (secondary N) is 2. The van der Waals surface area contributed by atoms with Crippen LogP contribution in [0.15, 0.2) is 12.4 Å². The van der Waals surface area contributed by atoms with Gasteiger partial charge in [0.2, 0.25) is 0 Å². The molecule has 84 valence electrons. The number of aliphatic hydroxyl groups is 1. The molecule has 1 aromatic rings. The standard InChI is InChI=1S/C11H19N3O/c15-10(9-3-1-2-4-9)7-12-8-11-13-5-6-14-11/h5-6,9-10,12,15H,1-4,7-8H2,(H,13,14). The summed E-state index contributed by atoms with van der Waals surface area (Å²) in [6, 6.07) is 0. The first-order valence-corrected chi connectivity index (χ1v) is 5.73. The molecule has 0 spiro atoms. The Morgan fingerprint density at radius 2 is 2.33 bits per heavy atom. The van der Waals surface area contributed by atoms with Gasteiger partial charge in [-0.15, -0.1) is 0 Å². The van der Waals surface area contributed by atoms with Crippen LogP contribution in [0.1, 0.15) is 31.5 Å². The van der Waals surface area contributed by atoms with Crippen LogP contribution in [-0.2, 0) is 6.54 Å². The summed E-state index contributed by atoms with van der Waals surface area (Å²) in [7, 11) is 0. The van der Waals surface area contributed by atoms with Gasteiger partial charge in [0.15, 0.2) is 0 Å². The number of aromatic amines is 1. The minimum Gasteiger partial charge on any atom is -0.392 e. The number of aromatic nitrogens is 2. The van der Waals surface area contributed by atoms with E-state index in [4.69, 9.17) is 0 Å². The molecule has 1 aliphatic carbocycles. The van der Waals surface area contributed by atoms with Gasteiger partial charge in [0.25, 0.3) is 0 Å². The number of rotatable bonds is 5. The summed E-state index contributed by atoms with van der Waals surface area (Å²) in [5, 5.41) is 13.1. The molecule has 3 N–H and O–H groups in total. The van der Waals surface area contributed by atoms with E-state index in [9.17, 15) is 5.11 Å². The van der Waals surface area contributed by atoms with Crippen LogP contribution in [-0.4, -0.2) is 27.7 Å². The van der Waals surface area contributed by atoms with Crippen LogP contribution in [0.25, 0.3) is 0 Å². The minimum absolute atomic E-state index is 0.192. The average molecular weight is 209 g/mol. The molecule has 0 aliphatic heterocycles. The Morgan fingerprint density at radius 1 is 1.53 bits per heavy atom. The third-order valence-corrected chi connectivity index (χ3v) is 3.14. The molecule has 0 radical (unpaired) electrons. The molecule has 1 aromatic heterocycles. The van der Waals surface area contributed by atoms with E-state index < -0.39 is 0 Å². The maximum absolute atomic E-state index is 9.88. The lowest BCUT2D eigenvalue weighted by molar-refractivity contribution is 0.109. The largest absolute Gasteiger partial charge is 0.392 e. The summed E-state index contributed by atoms with van der Waals surface area (Å²) < 4.78 is 0. The fourth-order valence-corrected chi connectivity index (χ4v) is 2.24. The van der Waals surface area contributed by atoms with Crippen molar-refractivity contribution in [1.82, 2.24) is 15.3 Å². The molecule has 1 heterocycles. The van der Waals surface area contributed by atoms with E-state index in [-0.39, 0.29) is 6.10 Å². The molecule has 0 saturated heterocycles. The summed E-state index contributed by atoms with van der Waals surface area (Å²) in [5.74, 6) is 1.43. The number of hydrogen-bond donors (Lipinski definition) is 3. The zero-order chi connectivity index (χ0) is 10.5. The molecule has 0 amide bonds. The fraction of sp³-hybridized carbons (Fsp3) is 0.727. The molecule has 15 heavy (non-hydrogen) atoms. The Hall–Kier alpha value is -0.870. The van der Waals surface area contributed by atoms with Crippen molar-refractivity contribution in [3.8, 4) is 0 Å². The predicted octanol–water partition coefficient (Wildman–Crippen LogP) is 1.05. The molecule has 1 aliphatic rings. The Bertz CT molecular complexity index is 267. The van der Waals surface area contributed by atoms with Crippen LogP contribution in [0.2, 0.25) is 0 Å². The van der Waals surface area contributed by atoms with Gasteiger partial charge in [-0.3, -0.25) is 0 Å². The van der Waals surface area contributed by atoms with Crippen LogP contribution in [0.3, 0.4) is 0 Å². The van der Waals surface area contributed by atoms with Crippen molar-refractivity contribution in [2.24, 2.45) is 5.92 Å². The first-order valence-electron chi connectivity index (χ1n) is 5.73. The number of aliphatic hydroxyl groups excluding tert-OH is 1. The van der Waals surface area contributed by atoms with E-state index >= 15 is 0 Å². The predicted molar refractivity (Wildman–Crippen MR) is 58.3 cm³/mol. The maximum Gasteiger partial charge on any atom is 0.120 e. The normalized spacial score (nSPS) is 19.5. The summed E-state index contributed by atoms with van der Waals surface area (Å²) in [6.45, 7) is 1.38. The first-order chi connectivity index (χ1) is 7.36. The van der Waals surface area contributed by atoms with Gasteiger partial charge in [-0.05, 0) is 18.8 Å². The lowest BCUT2D eigenvalue weighted by Gasteiger charge is -2.17. The molecule has 4 nitrogen and oxygen atoms in total. The van der Waals surface area contributed by atoms with Crippen LogP contribution < -0.4 is 5.32 Å². The number of imidazole rings is 1. The van der Waals surface area contributed by atoms with E-state index in [2.05, 4.69) is 15.3 Å². The molecule has 4 heteroatoms. The highest BCUT2D eigenvalue weighted by Crippen LogP contribution is 2.27. The average Bonchev–Trinajstić information content (AvgIpc) is 2.90. The van der Waals surface area contributed by atoms with E-state index in [0.29, 0.717) is 19.0 Å². The molecule has 1 atom stereocenters. The summed E-state index contributed by atoms with van der Waals surface area (Å²) in [5.41, 5.74) is 0. The SMILES string of the molecule is OC(CNCc1ncc[nH]1)C1CCCC1. The highest BCUT2D eigenvalue weighted by atomic mass is 16.3. The zero-order valence-electron chi connectivity index (χ0n) is 8.95. The second-order valence-electron chi connectivity index (χ2n) is 4.28. The molecule has 1 fully saturated rings. The topological polar surface area (TPSA) is 60.9 Å². The zero-order valence-corrected chi connectivity index (χ0v) is 8.95. The fourth-order valence-electron chi connectivity index (χ4n) is 2.24. The van der Waals surface area contributed by atoms with Gasteiger partial charge < -0.3 is 15.4 Å². The minimum atomic E-state index is -0.192. The van der Waals surface area contributed by atoms with Crippen LogP contribution in [0.5, 0.6) is 0 Å². The first kappa shape index (κ1) is 10.6. The van der Waals surface area contributed by atoms with E-state index in [0.717, 1.165) is 5.82 Å². The lowest BCUT2D eigenvalue weighted by Crippen LogP contribution is -2.31. The summed E-state index contributed by atoms with van der Waals surface area (Å²) in [4.78, 5) is 7.14. The van der Waals surface area contributed by atoms with Crippen molar-refractivity contribution in [2.75, 3.05) is 6.54 Å². The molecule has 2 rings (SSSR count). The van der Waals surface area contributed by atoms with Crippen LogP contribution in [0, 0.1) is 5.92 Å². The maximum atomic E-state index is 9.88. The van der Waals surface area contributed by atoms with Gasteiger partial charge in [-0.2, -0.15) is 0 Å². The summed E-state index contributed by atoms with van der Waals surface area (Å²) in [6.07, 6.45) is 8.28.